The standard InChI is InChI=1S/C19H23FN2O/c20-14-19(22-12-10-21-11-13-22)17-6-8-18(9-7-17)23-15-16-4-2-1-3-5-16/h1-9,19,21H,10-15H2/t19-/m0/s1. The normalized spacial score (nSPS) is 16.9. The van der Waals surface area contributed by atoms with Crippen molar-refractivity contribution >= 4 is 0 Å². The molecule has 0 aromatic heterocycles. The number of benzene rings is 2. The van der Waals surface area contributed by atoms with Gasteiger partial charge in [-0.1, -0.05) is 42.5 Å². The van der Waals surface area contributed by atoms with E-state index in [0.29, 0.717) is 6.61 Å². The zero-order chi connectivity index (χ0) is 15.9. The van der Waals surface area contributed by atoms with Crippen molar-refractivity contribution in [2.75, 3.05) is 32.9 Å². The quantitative estimate of drug-likeness (QED) is 0.886. The Morgan fingerprint density at radius 1 is 1.00 bits per heavy atom. The van der Waals surface area contributed by atoms with Gasteiger partial charge in [-0.2, -0.15) is 0 Å². The number of nitrogens with one attached hydrogen (secondary N) is 1. The molecule has 0 saturated carbocycles. The van der Waals surface area contributed by atoms with Crippen molar-refractivity contribution in [2.45, 2.75) is 12.6 Å². The van der Waals surface area contributed by atoms with E-state index in [1.807, 2.05) is 54.6 Å². The minimum Gasteiger partial charge on any atom is -0.489 e. The van der Waals surface area contributed by atoms with Crippen LogP contribution < -0.4 is 10.1 Å². The molecular weight excluding hydrogens is 291 g/mol. The lowest BCUT2D eigenvalue weighted by atomic mass is 10.1. The van der Waals surface area contributed by atoms with Gasteiger partial charge in [-0.05, 0) is 23.3 Å². The summed E-state index contributed by atoms with van der Waals surface area (Å²) < 4.78 is 19.3. The van der Waals surface area contributed by atoms with Crippen LogP contribution in [-0.2, 0) is 6.61 Å². The summed E-state index contributed by atoms with van der Waals surface area (Å²) in [6, 6.07) is 17.7. The predicted octanol–water partition coefficient (Wildman–Crippen LogP) is 3.18. The molecule has 1 aliphatic rings. The second kappa shape index (κ2) is 8.09. The fraction of sp³-hybridized carbons (Fsp3) is 0.368. The highest BCUT2D eigenvalue weighted by atomic mass is 19.1. The largest absolute Gasteiger partial charge is 0.489 e. The first kappa shape index (κ1) is 16.0. The lowest BCUT2D eigenvalue weighted by Gasteiger charge is -2.33. The van der Waals surface area contributed by atoms with Crippen molar-refractivity contribution in [3.8, 4) is 5.75 Å². The van der Waals surface area contributed by atoms with Gasteiger partial charge >= 0.3 is 0 Å². The van der Waals surface area contributed by atoms with Crippen molar-refractivity contribution in [1.82, 2.24) is 10.2 Å². The van der Waals surface area contributed by atoms with Gasteiger partial charge in [-0.3, -0.25) is 4.90 Å². The van der Waals surface area contributed by atoms with E-state index in [1.165, 1.54) is 0 Å². The van der Waals surface area contributed by atoms with E-state index in [-0.39, 0.29) is 12.7 Å². The molecule has 1 saturated heterocycles. The molecule has 1 atom stereocenters. The number of rotatable bonds is 6. The van der Waals surface area contributed by atoms with Crippen molar-refractivity contribution in [3.05, 3.63) is 65.7 Å². The van der Waals surface area contributed by atoms with Crippen LogP contribution >= 0.6 is 0 Å². The first-order chi connectivity index (χ1) is 11.4. The third-order valence-electron chi connectivity index (χ3n) is 4.25. The van der Waals surface area contributed by atoms with Crippen molar-refractivity contribution in [2.24, 2.45) is 0 Å². The Hall–Kier alpha value is -1.91. The van der Waals surface area contributed by atoms with Gasteiger partial charge in [0.1, 0.15) is 19.0 Å². The number of halogens is 1. The van der Waals surface area contributed by atoms with Gasteiger partial charge in [0, 0.05) is 26.2 Å². The maximum absolute atomic E-state index is 13.5. The van der Waals surface area contributed by atoms with Crippen LogP contribution in [0.3, 0.4) is 0 Å². The summed E-state index contributed by atoms with van der Waals surface area (Å²) in [6.07, 6.45) is 0. The summed E-state index contributed by atoms with van der Waals surface area (Å²) in [4.78, 5) is 2.20. The minimum atomic E-state index is -0.357. The van der Waals surface area contributed by atoms with Crippen molar-refractivity contribution in [1.29, 1.82) is 0 Å². The molecule has 0 unspecified atom stereocenters. The molecule has 1 N–H and O–H groups in total. The summed E-state index contributed by atoms with van der Waals surface area (Å²) in [5, 5.41) is 3.30. The maximum atomic E-state index is 13.5. The summed E-state index contributed by atoms with van der Waals surface area (Å²) in [7, 11) is 0. The van der Waals surface area contributed by atoms with E-state index in [9.17, 15) is 4.39 Å². The molecule has 2 aromatic rings. The minimum absolute atomic E-state index is 0.153. The van der Waals surface area contributed by atoms with Gasteiger partial charge in [0.2, 0.25) is 0 Å². The number of nitrogens with zero attached hydrogens (tertiary/aromatic N) is 1. The number of hydrogen-bond acceptors (Lipinski definition) is 3. The molecule has 3 nitrogen and oxygen atoms in total. The molecule has 3 rings (SSSR count). The molecule has 0 spiro atoms. The maximum Gasteiger partial charge on any atom is 0.119 e. The number of hydrogen-bond donors (Lipinski definition) is 1. The molecule has 0 bridgehead atoms. The zero-order valence-electron chi connectivity index (χ0n) is 13.2. The van der Waals surface area contributed by atoms with Crippen LogP contribution in [0.2, 0.25) is 0 Å². The Bertz CT molecular complexity index is 582. The lowest BCUT2D eigenvalue weighted by Crippen LogP contribution is -2.45. The van der Waals surface area contributed by atoms with Gasteiger partial charge in [0.15, 0.2) is 0 Å². The topological polar surface area (TPSA) is 24.5 Å². The number of ether oxygens (including phenoxy) is 1. The van der Waals surface area contributed by atoms with Crippen LogP contribution in [0, 0.1) is 0 Å². The van der Waals surface area contributed by atoms with Crippen LogP contribution in [0.15, 0.2) is 54.6 Å². The van der Waals surface area contributed by atoms with Crippen molar-refractivity contribution in [3.63, 3.8) is 0 Å². The Morgan fingerprint density at radius 2 is 1.70 bits per heavy atom. The Kier molecular flexibility index (Phi) is 5.61. The van der Waals surface area contributed by atoms with E-state index < -0.39 is 0 Å². The summed E-state index contributed by atoms with van der Waals surface area (Å²) in [5.41, 5.74) is 2.15. The Labute approximate surface area is 137 Å². The van der Waals surface area contributed by atoms with Crippen LogP contribution in [0.5, 0.6) is 5.75 Å². The predicted molar refractivity (Wildman–Crippen MR) is 90.4 cm³/mol. The van der Waals surface area contributed by atoms with Gasteiger partial charge in [0.25, 0.3) is 0 Å². The summed E-state index contributed by atoms with van der Waals surface area (Å²) in [6.45, 7) is 3.82. The molecule has 1 fully saturated rings. The molecular formula is C19H23FN2O. The highest BCUT2D eigenvalue weighted by Gasteiger charge is 2.21. The third kappa shape index (κ3) is 4.30. The number of alkyl halides is 1. The van der Waals surface area contributed by atoms with Crippen LogP contribution in [-0.4, -0.2) is 37.8 Å². The molecule has 1 aliphatic heterocycles. The fourth-order valence-corrected chi connectivity index (χ4v) is 2.92. The average Bonchev–Trinajstić information content (AvgIpc) is 2.63. The van der Waals surface area contributed by atoms with E-state index in [1.54, 1.807) is 0 Å². The first-order valence-electron chi connectivity index (χ1n) is 8.14. The second-order valence-electron chi connectivity index (χ2n) is 5.80. The molecule has 0 aliphatic carbocycles. The Balaban J connectivity index is 1.61. The average molecular weight is 314 g/mol. The third-order valence-corrected chi connectivity index (χ3v) is 4.25. The van der Waals surface area contributed by atoms with E-state index in [2.05, 4.69) is 10.2 Å². The van der Waals surface area contributed by atoms with E-state index in [4.69, 9.17) is 4.74 Å². The van der Waals surface area contributed by atoms with Crippen LogP contribution in [0.25, 0.3) is 0 Å². The molecule has 1 heterocycles. The molecule has 0 amide bonds. The van der Waals surface area contributed by atoms with Crippen LogP contribution in [0.4, 0.5) is 4.39 Å². The van der Waals surface area contributed by atoms with Gasteiger partial charge in [-0.25, -0.2) is 4.39 Å². The van der Waals surface area contributed by atoms with Crippen LogP contribution in [0.1, 0.15) is 17.2 Å². The highest BCUT2D eigenvalue weighted by molar-refractivity contribution is 5.30. The van der Waals surface area contributed by atoms with E-state index >= 15 is 0 Å². The smallest absolute Gasteiger partial charge is 0.119 e. The molecule has 0 radical (unpaired) electrons. The second-order valence-corrected chi connectivity index (χ2v) is 5.80. The van der Waals surface area contributed by atoms with Gasteiger partial charge < -0.3 is 10.1 Å². The van der Waals surface area contributed by atoms with E-state index in [0.717, 1.165) is 43.1 Å². The van der Waals surface area contributed by atoms with Gasteiger partial charge in [-0.15, -0.1) is 0 Å². The molecule has 122 valence electrons. The Morgan fingerprint density at radius 3 is 2.35 bits per heavy atom. The zero-order valence-corrected chi connectivity index (χ0v) is 13.2. The number of piperazine rings is 1. The monoisotopic (exact) mass is 314 g/mol. The molecule has 2 aromatic carbocycles. The van der Waals surface area contributed by atoms with Crippen molar-refractivity contribution < 1.29 is 9.13 Å². The summed E-state index contributed by atoms with van der Waals surface area (Å²) >= 11 is 0. The fourth-order valence-electron chi connectivity index (χ4n) is 2.92. The SMILES string of the molecule is FC[C@@H](c1ccc(OCc2ccccc2)cc1)N1CCNCC1. The van der Waals surface area contributed by atoms with Gasteiger partial charge in [0.05, 0.1) is 6.04 Å². The molecule has 23 heavy (non-hydrogen) atoms. The summed E-state index contributed by atoms with van der Waals surface area (Å²) in [5.74, 6) is 0.815. The first-order valence-corrected chi connectivity index (χ1v) is 8.14. The molecule has 4 heteroatoms. The highest BCUT2D eigenvalue weighted by Crippen LogP contribution is 2.24. The lowest BCUT2D eigenvalue weighted by molar-refractivity contribution is 0.147.